The molecule has 1 heterocycles. The molecule has 0 aliphatic rings. The molecule has 5 N–H and O–H groups in total. The molecule has 0 radical (unpaired) electrons. The fourth-order valence-corrected chi connectivity index (χ4v) is 3.83. The Labute approximate surface area is 195 Å². The van der Waals surface area contributed by atoms with E-state index in [4.69, 9.17) is 19.6 Å². The van der Waals surface area contributed by atoms with Crippen LogP contribution in [0.4, 0.5) is 0 Å². The molecule has 3 aromatic carbocycles. The normalized spacial score (nSPS) is 11.2. The predicted molar refractivity (Wildman–Crippen MR) is 126 cm³/mol. The number of rotatable bonds is 9. The summed E-state index contributed by atoms with van der Waals surface area (Å²) in [7, 11) is 1.51. The smallest absolute Gasteiger partial charge is 0.372 e. The number of carbonyl (C=O) groups is 1. The second-order valence-corrected chi connectivity index (χ2v) is 7.78. The van der Waals surface area contributed by atoms with Gasteiger partial charge >= 0.3 is 5.97 Å². The quantitative estimate of drug-likeness (QED) is 0.276. The Morgan fingerprint density at radius 1 is 1.06 bits per heavy atom. The number of benzene rings is 3. The number of aromatic carboxylic acids is 1. The molecule has 0 aliphatic heterocycles. The first kappa shape index (κ1) is 23.3. The Bertz CT molecular complexity index is 1330. The number of aliphatic hydroxyl groups is 2. The summed E-state index contributed by atoms with van der Waals surface area (Å²) < 4.78 is 16.8. The van der Waals surface area contributed by atoms with Crippen molar-refractivity contribution in [3.8, 4) is 22.6 Å². The van der Waals surface area contributed by atoms with Crippen molar-refractivity contribution in [2.24, 2.45) is 5.73 Å². The van der Waals surface area contributed by atoms with Gasteiger partial charge in [0.1, 0.15) is 23.7 Å². The summed E-state index contributed by atoms with van der Waals surface area (Å²) in [6.45, 7) is 0.304. The lowest BCUT2D eigenvalue weighted by Crippen LogP contribution is -2.10. The fourth-order valence-electron chi connectivity index (χ4n) is 3.83. The Kier molecular flexibility index (Phi) is 6.83. The molecular weight excluding hydrogens is 438 g/mol. The maximum absolute atomic E-state index is 11.9. The molecule has 4 aromatic rings. The van der Waals surface area contributed by atoms with Crippen LogP contribution in [-0.4, -0.2) is 34.7 Å². The number of fused-ring (bicyclic) bond motifs is 1. The Hall–Kier alpha value is -3.85. The lowest BCUT2D eigenvalue weighted by atomic mass is 10.0. The van der Waals surface area contributed by atoms with Crippen LogP contribution in [0.15, 0.2) is 65.1 Å². The van der Waals surface area contributed by atoms with Crippen LogP contribution in [0, 0.1) is 0 Å². The van der Waals surface area contributed by atoms with Crippen molar-refractivity contribution in [3.63, 3.8) is 0 Å². The topological polar surface area (TPSA) is 135 Å². The monoisotopic (exact) mass is 463 g/mol. The molecule has 8 heteroatoms. The summed E-state index contributed by atoms with van der Waals surface area (Å²) in [5.74, 6) is -0.554. The number of hydrogen-bond acceptors (Lipinski definition) is 7. The van der Waals surface area contributed by atoms with Crippen LogP contribution in [0.25, 0.3) is 22.1 Å². The molecule has 0 aliphatic carbocycles. The van der Waals surface area contributed by atoms with Crippen molar-refractivity contribution in [2.75, 3.05) is 7.11 Å². The van der Waals surface area contributed by atoms with Crippen LogP contribution in [0.1, 0.15) is 27.2 Å². The molecule has 4 rings (SSSR count). The number of furan rings is 1. The van der Waals surface area contributed by atoms with E-state index < -0.39 is 12.3 Å². The molecule has 176 valence electrons. The lowest BCUT2D eigenvalue weighted by molar-refractivity contribution is -0.0385. The summed E-state index contributed by atoms with van der Waals surface area (Å²) in [6.07, 6.45) is -1.62. The summed E-state index contributed by atoms with van der Waals surface area (Å²) in [5.41, 5.74) is 9.92. The zero-order chi connectivity index (χ0) is 24.2. The number of hydrogen-bond donors (Lipinski definition) is 4. The third-order valence-corrected chi connectivity index (χ3v) is 5.53. The zero-order valence-electron chi connectivity index (χ0n) is 18.5. The van der Waals surface area contributed by atoms with Gasteiger partial charge in [-0.15, -0.1) is 0 Å². The van der Waals surface area contributed by atoms with Crippen molar-refractivity contribution < 1.29 is 34.0 Å². The first-order valence-electron chi connectivity index (χ1n) is 10.6. The van der Waals surface area contributed by atoms with Crippen molar-refractivity contribution in [3.05, 3.63) is 83.1 Å². The Morgan fingerprint density at radius 2 is 1.85 bits per heavy atom. The first-order chi connectivity index (χ1) is 16.4. The van der Waals surface area contributed by atoms with Gasteiger partial charge in [-0.3, -0.25) is 0 Å². The summed E-state index contributed by atoms with van der Waals surface area (Å²) in [6, 6.07) is 18.2. The molecule has 0 unspecified atom stereocenters. The highest BCUT2D eigenvalue weighted by atomic mass is 16.5. The molecular formula is C26H25NO7. The van der Waals surface area contributed by atoms with Crippen molar-refractivity contribution in [2.45, 2.75) is 25.9 Å². The van der Waals surface area contributed by atoms with Gasteiger partial charge in [0, 0.05) is 24.4 Å². The van der Waals surface area contributed by atoms with E-state index in [0.29, 0.717) is 40.1 Å². The van der Waals surface area contributed by atoms with E-state index in [1.807, 2.05) is 36.4 Å². The van der Waals surface area contributed by atoms with Gasteiger partial charge in [-0.2, -0.15) is 0 Å². The minimum atomic E-state index is -1.56. The molecule has 0 spiro atoms. The van der Waals surface area contributed by atoms with Gasteiger partial charge in [0.05, 0.1) is 12.7 Å². The average Bonchev–Trinajstić information content (AvgIpc) is 3.21. The second kappa shape index (κ2) is 9.96. The van der Waals surface area contributed by atoms with Crippen molar-refractivity contribution >= 4 is 16.9 Å². The molecule has 0 atom stereocenters. The number of aliphatic hydroxyl groups excluding tert-OH is 1. The van der Waals surface area contributed by atoms with Gasteiger partial charge in [-0.05, 0) is 46.5 Å². The molecule has 8 nitrogen and oxygen atoms in total. The number of nitrogens with two attached hydrogens (primary N) is 1. The number of carboxylic acids is 1. The van der Waals surface area contributed by atoms with Crippen LogP contribution in [-0.2, 0) is 19.6 Å². The number of ether oxygens (including phenoxy) is 2. The van der Waals surface area contributed by atoms with E-state index in [1.165, 1.54) is 7.11 Å². The highest BCUT2D eigenvalue weighted by Crippen LogP contribution is 2.33. The summed E-state index contributed by atoms with van der Waals surface area (Å²) in [4.78, 5) is 11.9. The molecule has 0 amide bonds. The molecule has 34 heavy (non-hydrogen) atoms. The SMILES string of the molecule is COc1ccc(CC(O)O)c(OCc2c(C(=O)O)oc3ccc(-c4cccc(CN)c4)cc23)c1. The van der Waals surface area contributed by atoms with E-state index in [0.717, 1.165) is 16.7 Å². The summed E-state index contributed by atoms with van der Waals surface area (Å²) in [5, 5.41) is 29.2. The van der Waals surface area contributed by atoms with E-state index >= 15 is 0 Å². The van der Waals surface area contributed by atoms with Crippen LogP contribution < -0.4 is 15.2 Å². The van der Waals surface area contributed by atoms with Crippen molar-refractivity contribution in [1.29, 1.82) is 0 Å². The Balaban J connectivity index is 1.74. The third kappa shape index (κ3) is 4.89. The van der Waals surface area contributed by atoms with E-state index in [1.54, 1.807) is 24.3 Å². The van der Waals surface area contributed by atoms with Gasteiger partial charge < -0.3 is 34.9 Å². The molecule has 1 aromatic heterocycles. The van der Waals surface area contributed by atoms with E-state index in [-0.39, 0.29) is 18.8 Å². The van der Waals surface area contributed by atoms with Crippen molar-refractivity contribution in [1.82, 2.24) is 0 Å². The minimum Gasteiger partial charge on any atom is -0.497 e. The standard InChI is InChI=1S/C26H25NO7/c1-32-19-7-5-18(11-24(28)29)23(12-19)33-14-21-20-10-17(16-4-2-3-15(9-16)13-27)6-8-22(20)34-25(21)26(30)31/h2-10,12,24,28-29H,11,13-14,27H2,1H3,(H,30,31). The fraction of sp³-hybridized carbons (Fsp3) is 0.192. The number of methoxy groups -OCH3 is 1. The zero-order valence-corrected chi connectivity index (χ0v) is 18.5. The van der Waals surface area contributed by atoms with Crippen LogP contribution in [0.5, 0.6) is 11.5 Å². The number of carboxylic acid groups (broad SMARTS) is 1. The lowest BCUT2D eigenvalue weighted by Gasteiger charge is -2.14. The maximum atomic E-state index is 11.9. The highest BCUT2D eigenvalue weighted by molar-refractivity contribution is 5.96. The molecule has 0 fully saturated rings. The maximum Gasteiger partial charge on any atom is 0.372 e. The molecule has 0 bridgehead atoms. The molecule has 0 saturated carbocycles. The van der Waals surface area contributed by atoms with E-state index in [9.17, 15) is 20.1 Å². The van der Waals surface area contributed by atoms with Gasteiger partial charge in [0.15, 0.2) is 6.29 Å². The van der Waals surface area contributed by atoms with Crippen LogP contribution in [0.2, 0.25) is 0 Å². The summed E-state index contributed by atoms with van der Waals surface area (Å²) >= 11 is 0. The first-order valence-corrected chi connectivity index (χ1v) is 10.6. The van der Waals surface area contributed by atoms with Gasteiger partial charge in [0.2, 0.25) is 5.76 Å². The highest BCUT2D eigenvalue weighted by Gasteiger charge is 2.22. The predicted octanol–water partition coefficient (Wildman–Crippen LogP) is 3.70. The second-order valence-electron chi connectivity index (χ2n) is 7.78. The van der Waals surface area contributed by atoms with Crippen LogP contribution in [0.3, 0.4) is 0 Å². The van der Waals surface area contributed by atoms with Gasteiger partial charge in [-0.1, -0.05) is 30.3 Å². The third-order valence-electron chi connectivity index (χ3n) is 5.53. The van der Waals surface area contributed by atoms with Gasteiger partial charge in [0.25, 0.3) is 0 Å². The largest absolute Gasteiger partial charge is 0.497 e. The minimum absolute atomic E-state index is 0.0567. The van der Waals surface area contributed by atoms with Gasteiger partial charge in [-0.25, -0.2) is 4.79 Å². The van der Waals surface area contributed by atoms with Crippen LogP contribution >= 0.6 is 0 Å². The average molecular weight is 463 g/mol. The Morgan fingerprint density at radius 3 is 2.56 bits per heavy atom. The van der Waals surface area contributed by atoms with E-state index in [2.05, 4.69) is 0 Å². The molecule has 0 saturated heterocycles.